The molecule has 20 heavy (non-hydrogen) atoms. The van der Waals surface area contributed by atoms with Gasteiger partial charge in [-0.2, -0.15) is 0 Å². The third-order valence-electron chi connectivity index (χ3n) is 4.14. The number of hydrogen-bond donors (Lipinski definition) is 1. The van der Waals surface area contributed by atoms with Crippen LogP contribution in [0.1, 0.15) is 19.8 Å². The molecule has 1 aromatic rings. The molecule has 2 aliphatic heterocycles. The lowest BCUT2D eigenvalue weighted by atomic mass is 10.1. The summed E-state index contributed by atoms with van der Waals surface area (Å²) in [5.41, 5.74) is 0. The molecule has 1 atom stereocenters. The van der Waals surface area contributed by atoms with Crippen molar-refractivity contribution in [2.75, 3.05) is 49.2 Å². The van der Waals surface area contributed by atoms with Crippen molar-refractivity contribution < 1.29 is 0 Å². The topological polar surface area (TPSA) is 44.3 Å². The van der Waals surface area contributed by atoms with Gasteiger partial charge in [0.15, 0.2) is 5.16 Å². The Labute approximate surface area is 125 Å². The smallest absolute Gasteiger partial charge is 0.191 e. The minimum Gasteiger partial charge on any atom is -0.370 e. The second-order valence-corrected chi connectivity index (χ2v) is 6.18. The fourth-order valence-electron chi connectivity index (χ4n) is 3.14. The molecule has 1 N–H and O–H groups in total. The highest BCUT2D eigenvalue weighted by atomic mass is 32.2. The number of nitrogens with one attached hydrogen (secondary N) is 1. The fraction of sp³-hybridized carbons (Fsp3) is 0.714. The summed E-state index contributed by atoms with van der Waals surface area (Å²) in [5, 5.41) is 4.16. The zero-order chi connectivity index (χ0) is 13.9. The van der Waals surface area contributed by atoms with E-state index in [0.29, 0.717) is 0 Å². The van der Waals surface area contributed by atoms with Gasteiger partial charge in [-0.15, -0.1) is 0 Å². The van der Waals surface area contributed by atoms with Crippen LogP contribution in [0, 0.1) is 0 Å². The quantitative estimate of drug-likeness (QED) is 0.676. The van der Waals surface area contributed by atoms with Crippen molar-refractivity contribution in [3.63, 3.8) is 0 Å². The van der Waals surface area contributed by atoms with Crippen LogP contribution in [-0.2, 0) is 0 Å². The van der Waals surface area contributed by atoms with E-state index in [1.165, 1.54) is 25.9 Å². The van der Waals surface area contributed by atoms with E-state index in [0.717, 1.165) is 42.5 Å². The van der Waals surface area contributed by atoms with E-state index in [1.807, 2.05) is 6.26 Å². The molecule has 1 unspecified atom stereocenters. The second kappa shape index (κ2) is 6.18. The van der Waals surface area contributed by atoms with Gasteiger partial charge in [-0.3, -0.25) is 4.90 Å². The van der Waals surface area contributed by atoms with Crippen LogP contribution in [0.4, 0.5) is 11.6 Å². The van der Waals surface area contributed by atoms with Crippen molar-refractivity contribution in [2.24, 2.45) is 0 Å². The van der Waals surface area contributed by atoms with Gasteiger partial charge in [-0.05, 0) is 32.6 Å². The van der Waals surface area contributed by atoms with Gasteiger partial charge in [0.2, 0.25) is 0 Å². The zero-order valence-corrected chi connectivity index (χ0v) is 13.1. The van der Waals surface area contributed by atoms with Gasteiger partial charge in [0.1, 0.15) is 11.6 Å². The lowest BCUT2D eigenvalue weighted by molar-refractivity contribution is 0.230. The first-order chi connectivity index (χ1) is 9.80. The maximum Gasteiger partial charge on any atom is 0.191 e. The van der Waals surface area contributed by atoms with E-state index in [-0.39, 0.29) is 0 Å². The molecule has 0 amide bonds. The number of thioether (sulfide) groups is 1. The second-order valence-electron chi connectivity index (χ2n) is 5.41. The molecular weight excluding hydrogens is 270 g/mol. The molecule has 2 saturated heterocycles. The Morgan fingerprint density at radius 2 is 2.25 bits per heavy atom. The van der Waals surface area contributed by atoms with E-state index < -0.39 is 0 Å². The highest BCUT2D eigenvalue weighted by Crippen LogP contribution is 2.26. The molecule has 5 nitrogen and oxygen atoms in total. The molecule has 1 aromatic heterocycles. The van der Waals surface area contributed by atoms with Gasteiger partial charge in [-0.25, -0.2) is 9.97 Å². The number of hydrogen-bond acceptors (Lipinski definition) is 6. The molecule has 3 heterocycles. The summed E-state index contributed by atoms with van der Waals surface area (Å²) >= 11 is 1.61. The Morgan fingerprint density at radius 3 is 3.05 bits per heavy atom. The first kappa shape index (κ1) is 13.9. The van der Waals surface area contributed by atoms with Crippen LogP contribution in [0.2, 0.25) is 0 Å². The Kier molecular flexibility index (Phi) is 4.31. The van der Waals surface area contributed by atoms with E-state index in [2.05, 4.69) is 33.1 Å². The van der Waals surface area contributed by atoms with Gasteiger partial charge in [-0.1, -0.05) is 11.8 Å². The summed E-state index contributed by atoms with van der Waals surface area (Å²) in [6.07, 6.45) is 4.71. The third kappa shape index (κ3) is 2.86. The van der Waals surface area contributed by atoms with Crippen molar-refractivity contribution >= 4 is 23.4 Å². The Hall–Kier alpha value is -1.01. The monoisotopic (exact) mass is 293 g/mol. The molecule has 0 spiro atoms. The Balaban J connectivity index is 1.79. The summed E-state index contributed by atoms with van der Waals surface area (Å²) in [5.74, 6) is 2.02. The molecule has 0 radical (unpaired) electrons. The van der Waals surface area contributed by atoms with E-state index in [4.69, 9.17) is 4.98 Å². The predicted octanol–water partition coefficient (Wildman–Crippen LogP) is 1.91. The molecule has 6 heteroatoms. The average Bonchev–Trinajstić information content (AvgIpc) is 2.94. The SMILES string of the molecule is CCNc1cc(N2CCN3CCCC3C2)nc(SC)n1. The molecule has 3 rings (SSSR count). The fourth-order valence-corrected chi connectivity index (χ4v) is 3.51. The van der Waals surface area contributed by atoms with Gasteiger partial charge in [0.25, 0.3) is 0 Å². The van der Waals surface area contributed by atoms with Gasteiger partial charge < -0.3 is 10.2 Å². The van der Waals surface area contributed by atoms with Crippen LogP contribution in [0.5, 0.6) is 0 Å². The summed E-state index contributed by atoms with van der Waals surface area (Å²) in [6, 6.07) is 2.81. The van der Waals surface area contributed by atoms with Crippen molar-refractivity contribution in [3.05, 3.63) is 6.07 Å². The summed E-state index contributed by atoms with van der Waals surface area (Å²) in [6.45, 7) is 7.61. The third-order valence-corrected chi connectivity index (χ3v) is 4.69. The van der Waals surface area contributed by atoms with E-state index in [1.54, 1.807) is 11.8 Å². The minimum absolute atomic E-state index is 0.721. The predicted molar refractivity (Wildman–Crippen MR) is 84.8 cm³/mol. The van der Waals surface area contributed by atoms with Gasteiger partial charge in [0, 0.05) is 38.3 Å². The number of anilines is 2. The summed E-state index contributed by atoms with van der Waals surface area (Å²) < 4.78 is 0. The van der Waals surface area contributed by atoms with Crippen molar-refractivity contribution in [1.82, 2.24) is 14.9 Å². The lowest BCUT2D eigenvalue weighted by Gasteiger charge is -2.38. The van der Waals surface area contributed by atoms with Crippen molar-refractivity contribution in [1.29, 1.82) is 0 Å². The number of piperazine rings is 1. The maximum atomic E-state index is 4.69. The highest BCUT2D eigenvalue weighted by molar-refractivity contribution is 7.98. The van der Waals surface area contributed by atoms with Crippen LogP contribution in [0.25, 0.3) is 0 Å². The molecule has 0 aliphatic carbocycles. The molecule has 110 valence electrons. The zero-order valence-electron chi connectivity index (χ0n) is 12.3. The van der Waals surface area contributed by atoms with Crippen molar-refractivity contribution in [2.45, 2.75) is 31.0 Å². The maximum absolute atomic E-state index is 4.69. The average molecular weight is 293 g/mol. The molecule has 2 fully saturated rings. The van der Waals surface area contributed by atoms with Gasteiger partial charge in [0.05, 0.1) is 0 Å². The number of aromatic nitrogens is 2. The van der Waals surface area contributed by atoms with Crippen LogP contribution >= 0.6 is 11.8 Å². The first-order valence-electron chi connectivity index (χ1n) is 7.46. The Bertz CT molecular complexity index is 467. The van der Waals surface area contributed by atoms with E-state index >= 15 is 0 Å². The molecule has 0 bridgehead atoms. The van der Waals surface area contributed by atoms with Crippen LogP contribution in [0.15, 0.2) is 11.2 Å². The minimum atomic E-state index is 0.721. The van der Waals surface area contributed by atoms with Crippen LogP contribution < -0.4 is 10.2 Å². The molecule has 2 aliphatic rings. The Morgan fingerprint density at radius 1 is 1.35 bits per heavy atom. The van der Waals surface area contributed by atoms with Crippen LogP contribution in [-0.4, -0.2) is 59.9 Å². The number of rotatable bonds is 4. The first-order valence-corrected chi connectivity index (χ1v) is 8.68. The standard InChI is InChI=1S/C14H23N5S/c1-3-15-12-9-13(17-14(16-12)20-2)19-8-7-18-6-4-5-11(18)10-19/h9,11H,3-8,10H2,1-2H3,(H,15,16,17). The largest absolute Gasteiger partial charge is 0.370 e. The summed E-state index contributed by atoms with van der Waals surface area (Å²) in [7, 11) is 0. The van der Waals surface area contributed by atoms with Crippen molar-refractivity contribution in [3.8, 4) is 0 Å². The molecule has 0 aromatic carbocycles. The number of nitrogens with zero attached hydrogens (tertiary/aromatic N) is 4. The normalized spacial score (nSPS) is 22.9. The van der Waals surface area contributed by atoms with Crippen LogP contribution in [0.3, 0.4) is 0 Å². The van der Waals surface area contributed by atoms with Gasteiger partial charge >= 0.3 is 0 Å². The number of fused-ring (bicyclic) bond motifs is 1. The highest BCUT2D eigenvalue weighted by Gasteiger charge is 2.31. The van der Waals surface area contributed by atoms with E-state index in [9.17, 15) is 0 Å². The summed E-state index contributed by atoms with van der Waals surface area (Å²) in [4.78, 5) is 14.2. The molecule has 0 saturated carbocycles. The lowest BCUT2D eigenvalue weighted by Crippen LogP contribution is -2.50. The molecular formula is C14H23N5S.